The Hall–Kier alpha value is -3.78. The van der Waals surface area contributed by atoms with Crippen LogP contribution in [0.15, 0.2) is 71.6 Å². The number of aryl methyl sites for hydroxylation is 2. The van der Waals surface area contributed by atoms with E-state index in [1.54, 1.807) is 18.2 Å². The molecule has 1 aliphatic carbocycles. The summed E-state index contributed by atoms with van der Waals surface area (Å²) in [6, 6.07) is 20.6. The number of primary amides is 1. The molecule has 7 rings (SSSR count). The Morgan fingerprint density at radius 1 is 0.929 bits per heavy atom. The molecule has 0 radical (unpaired) electrons. The molecule has 0 saturated heterocycles. The molecule has 1 fully saturated rings. The van der Waals surface area contributed by atoms with E-state index in [9.17, 15) is 18.0 Å². The Bertz CT molecular complexity index is 1850. The number of amides is 1. The van der Waals surface area contributed by atoms with Crippen molar-refractivity contribution in [2.75, 3.05) is 0 Å². The lowest BCUT2D eigenvalue weighted by Gasteiger charge is -2.24. The number of hydrogen-bond donors (Lipinski definition) is 1. The van der Waals surface area contributed by atoms with E-state index in [1.807, 2.05) is 24.3 Å². The standard InChI is InChI=1S/C34H30F3N3OS/c35-34(36,37)42-23-9-4-8-21(18-23)28-15-13-25-24-10-5-17-40-30-19-22(33(38)41)11-12-27(30)31(20-6-2-1-3-7-20)32(40)26(24)14-16-29(25)39-28/h4,8-9,11-16,18-20H,1-3,5-7,10,17H2,(H2,38,41). The molecule has 5 aromatic rings. The van der Waals surface area contributed by atoms with E-state index in [4.69, 9.17) is 10.7 Å². The highest BCUT2D eigenvalue weighted by atomic mass is 32.2. The van der Waals surface area contributed by atoms with Crippen LogP contribution in [-0.2, 0) is 13.0 Å². The highest BCUT2D eigenvalue weighted by molar-refractivity contribution is 8.00. The monoisotopic (exact) mass is 585 g/mol. The van der Waals surface area contributed by atoms with Gasteiger partial charge in [-0.3, -0.25) is 4.79 Å². The van der Waals surface area contributed by atoms with Gasteiger partial charge < -0.3 is 10.3 Å². The Labute approximate surface area is 246 Å². The topological polar surface area (TPSA) is 60.9 Å². The first-order chi connectivity index (χ1) is 20.3. The number of rotatable bonds is 4. The van der Waals surface area contributed by atoms with E-state index in [2.05, 4.69) is 22.8 Å². The number of carbonyl (C=O) groups is 1. The minimum atomic E-state index is -4.34. The maximum absolute atomic E-state index is 13.0. The first-order valence-corrected chi connectivity index (χ1v) is 15.3. The molecular formula is C34H30F3N3OS. The van der Waals surface area contributed by atoms with Crippen LogP contribution in [0, 0.1) is 0 Å². The van der Waals surface area contributed by atoms with Gasteiger partial charge in [-0.05, 0) is 90.9 Å². The number of halogens is 3. The molecule has 1 amide bonds. The van der Waals surface area contributed by atoms with E-state index in [1.165, 1.54) is 53.1 Å². The summed E-state index contributed by atoms with van der Waals surface area (Å²) < 4.78 is 41.3. The number of fused-ring (bicyclic) bond motifs is 7. The second-order valence-corrected chi connectivity index (χ2v) is 12.5. The Balaban J connectivity index is 1.39. The number of benzene rings is 3. The van der Waals surface area contributed by atoms with Crippen LogP contribution < -0.4 is 5.73 Å². The van der Waals surface area contributed by atoms with Gasteiger partial charge in [0.05, 0.1) is 16.9 Å². The zero-order chi connectivity index (χ0) is 29.0. The number of hydrogen-bond acceptors (Lipinski definition) is 3. The largest absolute Gasteiger partial charge is 0.446 e. The number of thioether (sulfide) groups is 1. The molecule has 42 heavy (non-hydrogen) atoms. The van der Waals surface area contributed by atoms with Gasteiger partial charge in [-0.25, -0.2) is 4.98 Å². The van der Waals surface area contributed by atoms with Crippen LogP contribution in [0.4, 0.5) is 13.2 Å². The second-order valence-electron chi connectivity index (χ2n) is 11.4. The molecular weight excluding hydrogens is 555 g/mol. The molecule has 3 aromatic carbocycles. The smallest absolute Gasteiger partial charge is 0.366 e. The number of nitrogens with two attached hydrogens (primary N) is 1. The van der Waals surface area contributed by atoms with Gasteiger partial charge in [0, 0.05) is 44.4 Å². The fraction of sp³-hybridized carbons (Fsp3) is 0.294. The molecule has 4 nitrogen and oxygen atoms in total. The van der Waals surface area contributed by atoms with Crippen LogP contribution in [0.1, 0.15) is 65.9 Å². The van der Waals surface area contributed by atoms with Crippen molar-refractivity contribution >= 4 is 39.5 Å². The van der Waals surface area contributed by atoms with Gasteiger partial charge in [-0.1, -0.05) is 49.6 Å². The molecule has 0 bridgehead atoms. The van der Waals surface area contributed by atoms with Crippen molar-refractivity contribution in [1.82, 2.24) is 9.55 Å². The van der Waals surface area contributed by atoms with Gasteiger partial charge in [-0.15, -0.1) is 0 Å². The molecule has 2 aromatic heterocycles. The third kappa shape index (κ3) is 4.85. The molecule has 214 valence electrons. The van der Waals surface area contributed by atoms with Crippen LogP contribution in [-0.4, -0.2) is 21.0 Å². The predicted molar refractivity (Wildman–Crippen MR) is 163 cm³/mol. The predicted octanol–water partition coefficient (Wildman–Crippen LogP) is 9.23. The summed E-state index contributed by atoms with van der Waals surface area (Å²) in [7, 11) is 0. The molecule has 0 atom stereocenters. The van der Waals surface area contributed by atoms with Gasteiger partial charge in [0.15, 0.2) is 0 Å². The summed E-state index contributed by atoms with van der Waals surface area (Å²) in [6.45, 7) is 0.839. The van der Waals surface area contributed by atoms with Crippen LogP contribution >= 0.6 is 11.8 Å². The van der Waals surface area contributed by atoms with Crippen molar-refractivity contribution in [2.24, 2.45) is 5.73 Å². The van der Waals surface area contributed by atoms with E-state index >= 15 is 0 Å². The molecule has 0 unspecified atom stereocenters. The fourth-order valence-electron chi connectivity index (χ4n) is 7.04. The number of pyridine rings is 1. The van der Waals surface area contributed by atoms with Crippen molar-refractivity contribution in [1.29, 1.82) is 0 Å². The molecule has 1 aliphatic heterocycles. The van der Waals surface area contributed by atoms with E-state index in [0.717, 1.165) is 48.6 Å². The lowest BCUT2D eigenvalue weighted by Crippen LogP contribution is -2.10. The minimum absolute atomic E-state index is 0.111. The molecule has 2 aliphatic rings. The Morgan fingerprint density at radius 3 is 2.52 bits per heavy atom. The number of aromatic nitrogens is 2. The van der Waals surface area contributed by atoms with Crippen molar-refractivity contribution in [3.63, 3.8) is 0 Å². The minimum Gasteiger partial charge on any atom is -0.366 e. The first-order valence-electron chi connectivity index (χ1n) is 14.5. The maximum atomic E-state index is 13.0. The molecule has 8 heteroatoms. The van der Waals surface area contributed by atoms with Gasteiger partial charge >= 0.3 is 5.51 Å². The lowest BCUT2D eigenvalue weighted by atomic mass is 9.81. The first kappa shape index (κ1) is 27.1. The maximum Gasteiger partial charge on any atom is 0.446 e. The molecule has 0 spiro atoms. The average Bonchev–Trinajstić information content (AvgIpc) is 3.17. The normalized spacial score (nSPS) is 15.9. The summed E-state index contributed by atoms with van der Waals surface area (Å²) in [4.78, 5) is 17.2. The van der Waals surface area contributed by atoms with E-state index < -0.39 is 11.4 Å². The SMILES string of the molecule is NC(=O)c1ccc2c(C3CCCCC3)c3n(c2c1)CCCc1c-3ccc2nc(-c3cccc(SC(F)(F)F)c3)ccc12. The van der Waals surface area contributed by atoms with E-state index in [-0.39, 0.29) is 16.7 Å². The molecule has 2 N–H and O–H groups in total. The highest BCUT2D eigenvalue weighted by Crippen LogP contribution is 2.47. The summed E-state index contributed by atoms with van der Waals surface area (Å²) >= 11 is -0.111. The second kappa shape index (κ2) is 10.5. The van der Waals surface area contributed by atoms with Crippen LogP contribution in [0.25, 0.3) is 44.3 Å². The summed E-state index contributed by atoms with van der Waals surface area (Å²) in [6.07, 6.45) is 7.84. The fourth-order valence-corrected chi connectivity index (χ4v) is 7.64. The van der Waals surface area contributed by atoms with Gasteiger partial charge in [0.25, 0.3) is 0 Å². The molecule has 3 heterocycles. The molecule has 1 saturated carbocycles. The lowest BCUT2D eigenvalue weighted by molar-refractivity contribution is -0.0328. The number of alkyl halides is 3. The van der Waals surface area contributed by atoms with Crippen LogP contribution in [0.3, 0.4) is 0 Å². The third-order valence-corrected chi connectivity index (χ3v) is 9.53. The van der Waals surface area contributed by atoms with Crippen molar-refractivity contribution in [3.8, 4) is 22.5 Å². The number of carbonyl (C=O) groups excluding carboxylic acids is 1. The van der Waals surface area contributed by atoms with Crippen LogP contribution in [0.2, 0.25) is 0 Å². The summed E-state index contributed by atoms with van der Waals surface area (Å²) in [5, 5.41) is 2.28. The zero-order valence-electron chi connectivity index (χ0n) is 23.0. The Kier molecular flexibility index (Phi) is 6.76. The van der Waals surface area contributed by atoms with Crippen molar-refractivity contribution < 1.29 is 18.0 Å². The average molecular weight is 586 g/mol. The van der Waals surface area contributed by atoms with E-state index in [0.29, 0.717) is 22.7 Å². The zero-order valence-corrected chi connectivity index (χ0v) is 23.8. The van der Waals surface area contributed by atoms with Crippen molar-refractivity contribution in [3.05, 3.63) is 83.4 Å². The van der Waals surface area contributed by atoms with Gasteiger partial charge in [0.2, 0.25) is 5.91 Å². The third-order valence-electron chi connectivity index (χ3n) is 8.81. The summed E-state index contributed by atoms with van der Waals surface area (Å²) in [5.41, 5.74) is 10.2. The quantitative estimate of drug-likeness (QED) is 0.214. The number of nitrogens with zero attached hydrogens (tertiary/aromatic N) is 2. The Morgan fingerprint density at radius 2 is 1.74 bits per heavy atom. The van der Waals surface area contributed by atoms with Crippen molar-refractivity contribution in [2.45, 2.75) is 67.8 Å². The summed E-state index contributed by atoms with van der Waals surface area (Å²) in [5.74, 6) is 0.0389. The van der Waals surface area contributed by atoms with Crippen LogP contribution in [0.5, 0.6) is 0 Å². The van der Waals surface area contributed by atoms with Gasteiger partial charge in [-0.2, -0.15) is 13.2 Å². The highest BCUT2D eigenvalue weighted by Gasteiger charge is 2.31. The van der Waals surface area contributed by atoms with Gasteiger partial charge in [0.1, 0.15) is 0 Å².